The van der Waals surface area contributed by atoms with E-state index in [4.69, 9.17) is 0 Å². The number of rotatable bonds is 3. The number of hydrogen-bond donors (Lipinski definition) is 0. The number of fused-ring (bicyclic) bond motifs is 6. The van der Waals surface area contributed by atoms with Gasteiger partial charge in [-0.25, -0.2) is 0 Å². The average molecular weight is 581 g/mol. The Morgan fingerprint density at radius 3 is 2.10 bits per heavy atom. The Morgan fingerprint density at radius 2 is 1.18 bits per heavy atom. The van der Waals surface area contributed by atoms with Crippen molar-refractivity contribution in [2.45, 2.75) is 0 Å². The second-order valence-electron chi connectivity index (χ2n) is 9.90. The van der Waals surface area contributed by atoms with E-state index in [1.165, 1.54) is 69.9 Å². The summed E-state index contributed by atoms with van der Waals surface area (Å²) in [6.45, 7) is 0. The van der Waals surface area contributed by atoms with E-state index in [-0.39, 0.29) is 0 Å². The van der Waals surface area contributed by atoms with Crippen LogP contribution >= 0.6 is 27.3 Å². The molecule has 184 valence electrons. The molecule has 1 nitrogen and oxygen atoms in total. The molecule has 3 heteroatoms. The normalized spacial score (nSPS) is 11.7. The smallest absolute Gasteiger partial charge is 0.0640 e. The number of benzene rings is 6. The molecule has 2 aromatic heterocycles. The van der Waals surface area contributed by atoms with Crippen LogP contribution in [-0.2, 0) is 0 Å². The highest BCUT2D eigenvalue weighted by Gasteiger charge is 2.17. The van der Waals surface area contributed by atoms with Crippen LogP contribution in [0.15, 0.2) is 138 Å². The first-order valence-electron chi connectivity index (χ1n) is 13.1. The minimum Gasteiger partial charge on any atom is -0.308 e. The first-order valence-corrected chi connectivity index (χ1v) is 14.7. The standard InChI is InChI=1S/C36H22BrNS/c37-31-15-4-1-11-26(31)25-10-7-9-23(21-25)24-19-20-28-27-12-2-5-16-32(27)38(34(28)22-24)33-17-8-14-30-29-13-3-6-18-35(29)39-36(30)33/h1-22H. The van der Waals surface area contributed by atoms with E-state index < -0.39 is 0 Å². The summed E-state index contributed by atoms with van der Waals surface area (Å²) in [6, 6.07) is 48.4. The molecule has 0 aliphatic heterocycles. The summed E-state index contributed by atoms with van der Waals surface area (Å²) >= 11 is 5.61. The summed E-state index contributed by atoms with van der Waals surface area (Å²) in [5.41, 5.74) is 8.52. The molecule has 0 amide bonds. The molecule has 0 aliphatic rings. The Labute approximate surface area is 238 Å². The molecule has 0 radical (unpaired) electrons. The molecule has 0 saturated carbocycles. The van der Waals surface area contributed by atoms with Crippen LogP contribution in [0.4, 0.5) is 0 Å². The van der Waals surface area contributed by atoms with Crippen LogP contribution in [-0.4, -0.2) is 4.57 Å². The Kier molecular flexibility index (Phi) is 5.22. The SMILES string of the molecule is Brc1ccccc1-c1cccc(-c2ccc3c4ccccc4n(-c4cccc5c4sc4ccccc45)c3c2)c1. The van der Waals surface area contributed by atoms with Crippen LogP contribution in [0.5, 0.6) is 0 Å². The fourth-order valence-corrected chi connectivity index (χ4v) is 7.60. The molecule has 0 N–H and O–H groups in total. The molecule has 8 aromatic rings. The number of hydrogen-bond acceptors (Lipinski definition) is 1. The predicted molar refractivity (Wildman–Crippen MR) is 172 cm³/mol. The predicted octanol–water partition coefficient (Wildman–Crippen LogP) is 11.2. The van der Waals surface area contributed by atoms with Gasteiger partial charge in [0.05, 0.1) is 21.4 Å². The zero-order valence-electron chi connectivity index (χ0n) is 20.9. The zero-order chi connectivity index (χ0) is 25.9. The quantitative estimate of drug-likeness (QED) is 0.196. The van der Waals surface area contributed by atoms with Crippen molar-refractivity contribution < 1.29 is 0 Å². The summed E-state index contributed by atoms with van der Waals surface area (Å²) in [5.74, 6) is 0. The summed E-state index contributed by atoms with van der Waals surface area (Å²) < 4.78 is 6.21. The van der Waals surface area contributed by atoms with Gasteiger partial charge in [0.25, 0.3) is 0 Å². The molecule has 0 saturated heterocycles. The third-order valence-electron chi connectivity index (χ3n) is 7.68. The van der Waals surface area contributed by atoms with E-state index in [1.807, 2.05) is 11.3 Å². The average Bonchev–Trinajstić information content (AvgIpc) is 3.53. The summed E-state index contributed by atoms with van der Waals surface area (Å²) in [6.07, 6.45) is 0. The van der Waals surface area contributed by atoms with Crippen molar-refractivity contribution >= 4 is 69.2 Å². The highest BCUT2D eigenvalue weighted by atomic mass is 79.9. The molecule has 0 atom stereocenters. The number of aromatic nitrogens is 1. The number of nitrogens with zero attached hydrogens (tertiary/aromatic N) is 1. The van der Waals surface area contributed by atoms with Crippen LogP contribution in [0.3, 0.4) is 0 Å². The maximum atomic E-state index is 3.73. The fraction of sp³-hybridized carbons (Fsp3) is 0. The largest absolute Gasteiger partial charge is 0.308 e. The molecular formula is C36H22BrNS. The molecule has 0 aliphatic carbocycles. The van der Waals surface area contributed by atoms with Crippen LogP contribution in [0.25, 0.3) is 69.9 Å². The van der Waals surface area contributed by atoms with Crippen LogP contribution in [0, 0.1) is 0 Å². The van der Waals surface area contributed by atoms with Crippen LogP contribution in [0.1, 0.15) is 0 Å². The number of halogens is 1. The van der Waals surface area contributed by atoms with Gasteiger partial charge in [-0.15, -0.1) is 11.3 Å². The lowest BCUT2D eigenvalue weighted by molar-refractivity contribution is 1.20. The molecule has 0 bridgehead atoms. The maximum Gasteiger partial charge on any atom is 0.0640 e. The lowest BCUT2D eigenvalue weighted by Crippen LogP contribution is -1.94. The zero-order valence-corrected chi connectivity index (χ0v) is 23.3. The third kappa shape index (κ3) is 3.58. The minimum atomic E-state index is 1.11. The Balaban J connectivity index is 1.40. The van der Waals surface area contributed by atoms with Crippen molar-refractivity contribution in [3.05, 3.63) is 138 Å². The Morgan fingerprint density at radius 1 is 0.487 bits per heavy atom. The summed E-state index contributed by atoms with van der Waals surface area (Å²) in [5, 5.41) is 5.19. The second-order valence-corrected chi connectivity index (χ2v) is 11.8. The van der Waals surface area contributed by atoms with Gasteiger partial charge in [-0.1, -0.05) is 113 Å². The molecule has 0 fully saturated rings. The second kappa shape index (κ2) is 8.94. The lowest BCUT2D eigenvalue weighted by Gasteiger charge is -2.11. The molecule has 39 heavy (non-hydrogen) atoms. The van der Waals surface area contributed by atoms with E-state index in [9.17, 15) is 0 Å². The first kappa shape index (κ1) is 22.8. The van der Waals surface area contributed by atoms with Crippen molar-refractivity contribution in [2.75, 3.05) is 0 Å². The van der Waals surface area contributed by atoms with Gasteiger partial charge in [0, 0.05) is 30.7 Å². The monoisotopic (exact) mass is 579 g/mol. The topological polar surface area (TPSA) is 4.93 Å². The molecule has 6 aromatic carbocycles. The molecule has 0 spiro atoms. The van der Waals surface area contributed by atoms with Crippen LogP contribution in [0.2, 0.25) is 0 Å². The summed E-state index contributed by atoms with van der Waals surface area (Å²) in [7, 11) is 0. The fourth-order valence-electron chi connectivity index (χ4n) is 5.88. The number of para-hydroxylation sites is 1. The molecule has 0 unspecified atom stereocenters. The van der Waals surface area contributed by atoms with E-state index in [0.29, 0.717) is 0 Å². The van der Waals surface area contributed by atoms with Crippen LogP contribution < -0.4 is 0 Å². The van der Waals surface area contributed by atoms with Gasteiger partial charge in [-0.2, -0.15) is 0 Å². The van der Waals surface area contributed by atoms with Crippen molar-refractivity contribution in [2.24, 2.45) is 0 Å². The summed E-state index contributed by atoms with van der Waals surface area (Å²) in [4.78, 5) is 0. The minimum absolute atomic E-state index is 1.11. The lowest BCUT2D eigenvalue weighted by atomic mass is 9.98. The highest BCUT2D eigenvalue weighted by Crippen LogP contribution is 2.41. The van der Waals surface area contributed by atoms with Gasteiger partial charge in [0.2, 0.25) is 0 Å². The molecule has 2 heterocycles. The van der Waals surface area contributed by atoms with Gasteiger partial charge in [-0.3, -0.25) is 0 Å². The van der Waals surface area contributed by atoms with Crippen molar-refractivity contribution in [1.82, 2.24) is 4.57 Å². The van der Waals surface area contributed by atoms with E-state index in [1.54, 1.807) is 0 Å². The van der Waals surface area contributed by atoms with Gasteiger partial charge in [0.15, 0.2) is 0 Å². The van der Waals surface area contributed by atoms with Gasteiger partial charge in [-0.05, 0) is 58.7 Å². The highest BCUT2D eigenvalue weighted by molar-refractivity contribution is 9.10. The van der Waals surface area contributed by atoms with Gasteiger partial charge in [0.1, 0.15) is 0 Å². The maximum absolute atomic E-state index is 3.73. The third-order valence-corrected chi connectivity index (χ3v) is 9.58. The first-order chi connectivity index (χ1) is 19.3. The van der Waals surface area contributed by atoms with E-state index in [0.717, 1.165) is 4.47 Å². The number of thiophene rings is 1. The Hall–Kier alpha value is -4.18. The van der Waals surface area contributed by atoms with Crippen molar-refractivity contribution in [1.29, 1.82) is 0 Å². The van der Waals surface area contributed by atoms with E-state index >= 15 is 0 Å². The Bertz CT molecular complexity index is 2200. The molecular weight excluding hydrogens is 558 g/mol. The molecule has 8 rings (SSSR count). The van der Waals surface area contributed by atoms with Gasteiger partial charge >= 0.3 is 0 Å². The van der Waals surface area contributed by atoms with E-state index in [2.05, 4.69) is 154 Å². The van der Waals surface area contributed by atoms with Gasteiger partial charge < -0.3 is 4.57 Å². The van der Waals surface area contributed by atoms with Crippen molar-refractivity contribution in [3.8, 4) is 27.9 Å². The van der Waals surface area contributed by atoms with Crippen molar-refractivity contribution in [3.63, 3.8) is 0 Å².